The molecule has 1 aliphatic rings. The molecule has 1 fully saturated rings. The lowest BCUT2D eigenvalue weighted by Crippen LogP contribution is -2.70. The Morgan fingerprint density at radius 1 is 1.57 bits per heavy atom. The van der Waals surface area contributed by atoms with E-state index in [0.29, 0.717) is 5.76 Å². The fraction of sp³-hybridized carbons (Fsp3) is 0.273. The fourth-order valence-corrected chi connectivity index (χ4v) is 1.54. The number of nitrogens with one attached hydrogen (secondary N) is 2. The molecule has 2 heterocycles. The van der Waals surface area contributed by atoms with Crippen molar-refractivity contribution in [2.24, 2.45) is 5.16 Å². The van der Waals surface area contributed by atoms with Crippen molar-refractivity contribution in [3.05, 3.63) is 23.7 Å². The Balaban J connectivity index is 2.15. The number of alkyl halides is 1. The van der Waals surface area contributed by atoms with Gasteiger partial charge in [0.2, 0.25) is 0 Å². The van der Waals surface area contributed by atoms with E-state index in [-0.39, 0.29) is 5.76 Å². The third-order valence-corrected chi connectivity index (χ3v) is 2.60. The summed E-state index contributed by atoms with van der Waals surface area (Å²) in [4.78, 5) is 37.9. The van der Waals surface area contributed by atoms with E-state index >= 15 is 0 Å². The molecule has 1 aromatic rings. The second-order valence-electron chi connectivity index (χ2n) is 4.11. The van der Waals surface area contributed by atoms with Gasteiger partial charge in [-0.1, -0.05) is 5.16 Å². The predicted molar refractivity (Wildman–Crippen MR) is 64.1 cm³/mol. The number of rotatable bonds is 4. The van der Waals surface area contributed by atoms with E-state index < -0.39 is 29.8 Å². The maximum absolute atomic E-state index is 14.2. The lowest BCUT2D eigenvalue weighted by Gasteiger charge is -2.31. The standard InChI is InChI=1S/C11H10FN3O6/c1-5-2-3-6(20-5)4-13-21-8-11(12,9(17)18)7(16)14-10(19)15-8/h2-4,8H,1H3,(H,17,18)(H2,14,15,16,19)/b13-4+. The van der Waals surface area contributed by atoms with Gasteiger partial charge in [-0.15, -0.1) is 0 Å². The molecule has 1 saturated heterocycles. The number of aryl methyl sites for hydroxylation is 1. The van der Waals surface area contributed by atoms with Crippen LogP contribution < -0.4 is 10.6 Å². The number of urea groups is 1. The van der Waals surface area contributed by atoms with Crippen LogP contribution in [-0.4, -0.2) is 41.1 Å². The van der Waals surface area contributed by atoms with Crippen LogP contribution in [0, 0.1) is 6.92 Å². The molecule has 3 N–H and O–H groups in total. The van der Waals surface area contributed by atoms with Gasteiger partial charge in [0, 0.05) is 0 Å². The first-order valence-corrected chi connectivity index (χ1v) is 5.64. The van der Waals surface area contributed by atoms with E-state index in [2.05, 4.69) is 9.99 Å². The maximum Gasteiger partial charge on any atom is 0.357 e. The highest BCUT2D eigenvalue weighted by molar-refractivity contribution is 6.13. The number of hydrogen-bond donors (Lipinski definition) is 3. The van der Waals surface area contributed by atoms with Crippen LogP contribution in [0.1, 0.15) is 11.5 Å². The van der Waals surface area contributed by atoms with Gasteiger partial charge in [-0.05, 0) is 19.1 Å². The van der Waals surface area contributed by atoms with Gasteiger partial charge in [0.25, 0.3) is 12.1 Å². The number of halogens is 1. The van der Waals surface area contributed by atoms with Gasteiger partial charge in [0.05, 0.1) is 0 Å². The molecule has 3 amide bonds. The van der Waals surface area contributed by atoms with E-state index in [1.807, 2.05) is 5.32 Å². The normalized spacial score (nSPS) is 25.5. The van der Waals surface area contributed by atoms with Crippen LogP contribution in [0.4, 0.5) is 9.18 Å². The Morgan fingerprint density at radius 2 is 2.29 bits per heavy atom. The fourth-order valence-electron chi connectivity index (χ4n) is 1.54. The number of nitrogens with zero attached hydrogens (tertiary/aromatic N) is 1. The van der Waals surface area contributed by atoms with Gasteiger partial charge in [0.15, 0.2) is 0 Å². The minimum absolute atomic E-state index is 0.263. The quantitative estimate of drug-likeness (QED) is 0.404. The van der Waals surface area contributed by atoms with E-state index in [4.69, 9.17) is 9.52 Å². The average Bonchev–Trinajstić information content (AvgIpc) is 2.80. The number of furan rings is 1. The van der Waals surface area contributed by atoms with Crippen LogP contribution in [0.25, 0.3) is 0 Å². The monoisotopic (exact) mass is 299 g/mol. The summed E-state index contributed by atoms with van der Waals surface area (Å²) in [5, 5.41) is 15.4. The predicted octanol–water partition coefficient (Wildman–Crippen LogP) is -0.103. The number of carbonyl (C=O) groups excluding carboxylic acids is 2. The van der Waals surface area contributed by atoms with Crippen LogP contribution in [0.2, 0.25) is 0 Å². The highest BCUT2D eigenvalue weighted by Gasteiger charge is 2.60. The largest absolute Gasteiger partial charge is 0.478 e. The number of imide groups is 1. The Hall–Kier alpha value is -2.91. The van der Waals surface area contributed by atoms with Gasteiger partial charge in [-0.2, -0.15) is 0 Å². The van der Waals surface area contributed by atoms with Crippen LogP contribution in [0.3, 0.4) is 0 Å². The summed E-state index contributed by atoms with van der Waals surface area (Å²) in [7, 11) is 0. The van der Waals surface area contributed by atoms with Crippen molar-refractivity contribution in [1.29, 1.82) is 0 Å². The number of aliphatic carboxylic acids is 1. The van der Waals surface area contributed by atoms with Gasteiger partial charge < -0.3 is 14.4 Å². The van der Waals surface area contributed by atoms with Crippen molar-refractivity contribution in [3.8, 4) is 0 Å². The lowest BCUT2D eigenvalue weighted by molar-refractivity contribution is -0.174. The average molecular weight is 299 g/mol. The molecule has 1 aromatic heterocycles. The first-order valence-electron chi connectivity index (χ1n) is 5.64. The molecule has 21 heavy (non-hydrogen) atoms. The van der Waals surface area contributed by atoms with Crippen LogP contribution in [0.5, 0.6) is 0 Å². The molecule has 0 aromatic carbocycles. The third kappa shape index (κ3) is 2.68. The summed E-state index contributed by atoms with van der Waals surface area (Å²) >= 11 is 0. The summed E-state index contributed by atoms with van der Waals surface area (Å²) in [5.41, 5.74) is -3.50. The van der Waals surface area contributed by atoms with Crippen LogP contribution >= 0.6 is 0 Å². The number of hydrogen-bond acceptors (Lipinski definition) is 6. The third-order valence-electron chi connectivity index (χ3n) is 2.60. The SMILES string of the molecule is Cc1ccc(/C=N/OC2NC(=O)NC(=O)C2(F)C(=O)O)o1. The molecule has 0 bridgehead atoms. The number of carboxylic acid groups (broad SMARTS) is 1. The topological polar surface area (TPSA) is 130 Å². The molecule has 2 unspecified atom stereocenters. The van der Waals surface area contributed by atoms with Gasteiger partial charge >= 0.3 is 17.7 Å². The highest BCUT2D eigenvalue weighted by atomic mass is 19.1. The van der Waals surface area contributed by atoms with Crippen molar-refractivity contribution >= 4 is 24.1 Å². The van der Waals surface area contributed by atoms with Crippen LogP contribution in [0.15, 0.2) is 21.7 Å². The summed E-state index contributed by atoms with van der Waals surface area (Å²) in [6, 6.07) is 2.07. The lowest BCUT2D eigenvalue weighted by atomic mass is 10.0. The molecule has 0 saturated carbocycles. The highest BCUT2D eigenvalue weighted by Crippen LogP contribution is 2.22. The summed E-state index contributed by atoms with van der Waals surface area (Å²) < 4.78 is 19.3. The molecule has 112 valence electrons. The first kappa shape index (κ1) is 14.5. The Kier molecular flexibility index (Phi) is 3.61. The van der Waals surface area contributed by atoms with Gasteiger partial charge in [0.1, 0.15) is 17.7 Å². The van der Waals surface area contributed by atoms with Gasteiger partial charge in [-0.25, -0.2) is 14.0 Å². The number of carboxylic acids is 1. The van der Waals surface area contributed by atoms with Crippen LogP contribution in [-0.2, 0) is 14.4 Å². The molecule has 0 radical (unpaired) electrons. The molecular formula is C11H10FN3O6. The number of carbonyl (C=O) groups is 3. The molecule has 1 aliphatic heterocycles. The smallest absolute Gasteiger partial charge is 0.357 e. The molecule has 0 aliphatic carbocycles. The maximum atomic E-state index is 14.2. The first-order chi connectivity index (χ1) is 9.84. The number of amides is 3. The Bertz CT molecular complexity index is 627. The second-order valence-corrected chi connectivity index (χ2v) is 4.11. The molecule has 2 rings (SSSR count). The number of oxime groups is 1. The summed E-state index contributed by atoms with van der Waals surface area (Å²) in [6.45, 7) is 1.68. The Morgan fingerprint density at radius 3 is 2.86 bits per heavy atom. The Labute approximate surface area is 116 Å². The summed E-state index contributed by atoms with van der Waals surface area (Å²) in [6.07, 6.45) is -1.07. The van der Waals surface area contributed by atoms with Crippen molar-refractivity contribution in [3.63, 3.8) is 0 Å². The van der Waals surface area contributed by atoms with Crippen molar-refractivity contribution < 1.29 is 33.1 Å². The van der Waals surface area contributed by atoms with E-state index in [9.17, 15) is 18.8 Å². The van der Waals surface area contributed by atoms with Crippen molar-refractivity contribution in [1.82, 2.24) is 10.6 Å². The molecule has 2 atom stereocenters. The minimum Gasteiger partial charge on any atom is -0.478 e. The second kappa shape index (κ2) is 5.23. The molecule has 9 nitrogen and oxygen atoms in total. The zero-order chi connectivity index (χ0) is 15.6. The van der Waals surface area contributed by atoms with E-state index in [1.165, 1.54) is 11.4 Å². The zero-order valence-corrected chi connectivity index (χ0v) is 10.6. The van der Waals surface area contributed by atoms with Crippen molar-refractivity contribution in [2.45, 2.75) is 18.8 Å². The molecule has 10 heteroatoms. The molecular weight excluding hydrogens is 289 g/mol. The van der Waals surface area contributed by atoms with Crippen molar-refractivity contribution in [2.75, 3.05) is 0 Å². The van der Waals surface area contributed by atoms with E-state index in [0.717, 1.165) is 6.21 Å². The summed E-state index contributed by atoms with van der Waals surface area (Å²) in [5.74, 6) is -2.91. The van der Waals surface area contributed by atoms with Gasteiger partial charge in [-0.3, -0.25) is 15.4 Å². The zero-order valence-electron chi connectivity index (χ0n) is 10.6. The molecule has 0 spiro atoms. The van der Waals surface area contributed by atoms with E-state index in [1.54, 1.807) is 13.0 Å². The minimum atomic E-state index is -3.50.